The van der Waals surface area contributed by atoms with E-state index in [0.717, 1.165) is 36.9 Å². The molecule has 6 N–H and O–H groups in total. The molecule has 0 bridgehead atoms. The van der Waals surface area contributed by atoms with Gasteiger partial charge in [-0.2, -0.15) is 0 Å². The van der Waals surface area contributed by atoms with Gasteiger partial charge >= 0.3 is 7.12 Å². The van der Waals surface area contributed by atoms with Crippen LogP contribution in [0.25, 0.3) is 20.8 Å². The van der Waals surface area contributed by atoms with Gasteiger partial charge in [-0.05, 0) is 34.8 Å². The lowest BCUT2D eigenvalue weighted by atomic mass is 9.80. The fourth-order valence-electron chi connectivity index (χ4n) is 2.63. The number of rotatable bonds is 4. The topological polar surface area (TPSA) is 105 Å². The number of nitrogens with two attached hydrogens (primary N) is 2. The van der Waals surface area contributed by atoms with Crippen LogP contribution < -0.4 is 16.9 Å². The van der Waals surface area contributed by atoms with Crippen LogP contribution in [0.1, 0.15) is 11.1 Å². The molecule has 0 aliphatic carbocycles. The monoisotopic (exact) mass is 425 g/mol. The van der Waals surface area contributed by atoms with Crippen molar-refractivity contribution >= 4 is 45.7 Å². The van der Waals surface area contributed by atoms with Gasteiger partial charge in [0.05, 0.1) is 10.2 Å². The van der Waals surface area contributed by atoms with Crippen LogP contribution in [0.5, 0.6) is 0 Å². The molecule has 0 radical (unpaired) electrons. The van der Waals surface area contributed by atoms with Crippen molar-refractivity contribution in [3.8, 4) is 10.6 Å². The summed E-state index contributed by atoms with van der Waals surface area (Å²) in [6.45, 7) is 1.04. The number of thiazole rings is 1. The number of fused-ring (bicyclic) bond motifs is 1. The summed E-state index contributed by atoms with van der Waals surface area (Å²) in [6, 6.07) is 20.8. The van der Waals surface area contributed by atoms with Crippen molar-refractivity contribution in [1.29, 1.82) is 0 Å². The van der Waals surface area contributed by atoms with E-state index in [2.05, 4.69) is 17.1 Å². The first-order chi connectivity index (χ1) is 14.0. The Bertz CT molecular complexity index is 1070. The molecule has 3 aromatic carbocycles. The van der Waals surface area contributed by atoms with Gasteiger partial charge in [-0.25, -0.2) is 4.98 Å². The number of nitrogens with zero attached hydrogens (tertiary/aromatic N) is 1. The fourth-order valence-corrected chi connectivity index (χ4v) is 3.75. The quantitative estimate of drug-likeness (QED) is 0.376. The third-order valence-corrected chi connectivity index (χ3v) is 5.62. The predicted octanol–water partition coefficient (Wildman–Crippen LogP) is 2.90. The summed E-state index contributed by atoms with van der Waals surface area (Å²) >= 11 is 7.64. The van der Waals surface area contributed by atoms with Gasteiger partial charge in [-0.3, -0.25) is 0 Å². The van der Waals surface area contributed by atoms with E-state index in [-0.39, 0.29) is 0 Å². The van der Waals surface area contributed by atoms with Crippen molar-refractivity contribution in [2.75, 3.05) is 0 Å². The Morgan fingerprint density at radius 1 is 0.862 bits per heavy atom. The largest absolute Gasteiger partial charge is 0.488 e. The van der Waals surface area contributed by atoms with Crippen molar-refractivity contribution in [2.24, 2.45) is 11.5 Å². The zero-order chi connectivity index (χ0) is 20.8. The summed E-state index contributed by atoms with van der Waals surface area (Å²) in [5, 5.41) is 19.2. The number of benzene rings is 3. The van der Waals surface area contributed by atoms with Crippen LogP contribution in [0.2, 0.25) is 5.02 Å². The van der Waals surface area contributed by atoms with Crippen LogP contribution in [0.3, 0.4) is 0 Å². The van der Waals surface area contributed by atoms with Crippen molar-refractivity contribution < 1.29 is 10.0 Å². The Kier molecular flexibility index (Phi) is 7.38. The first kappa shape index (κ1) is 21.5. The van der Waals surface area contributed by atoms with E-state index in [1.165, 1.54) is 0 Å². The Morgan fingerprint density at radius 3 is 2.00 bits per heavy atom. The normalized spacial score (nSPS) is 10.5. The molecule has 148 valence electrons. The van der Waals surface area contributed by atoms with Crippen LogP contribution in [0.4, 0.5) is 0 Å². The van der Waals surface area contributed by atoms with Crippen LogP contribution in [-0.2, 0) is 13.1 Å². The molecule has 0 atom stereocenters. The van der Waals surface area contributed by atoms with Crippen LogP contribution in [0, 0.1) is 0 Å². The second-order valence-electron chi connectivity index (χ2n) is 6.35. The van der Waals surface area contributed by atoms with Crippen molar-refractivity contribution in [3.63, 3.8) is 0 Å². The van der Waals surface area contributed by atoms with E-state index in [1.54, 1.807) is 35.6 Å². The average molecular weight is 426 g/mol. The maximum Gasteiger partial charge on any atom is 0.488 e. The smallest absolute Gasteiger partial charge is 0.423 e. The number of aromatic nitrogens is 1. The van der Waals surface area contributed by atoms with Gasteiger partial charge in [0.2, 0.25) is 0 Å². The molecule has 4 aromatic rings. The Labute approximate surface area is 178 Å². The van der Waals surface area contributed by atoms with Gasteiger partial charge in [-0.1, -0.05) is 60.1 Å². The predicted molar refractivity (Wildman–Crippen MR) is 122 cm³/mol. The van der Waals surface area contributed by atoms with E-state index in [9.17, 15) is 0 Å². The van der Waals surface area contributed by atoms with Gasteiger partial charge in [0, 0.05) is 23.7 Å². The first-order valence-corrected chi connectivity index (χ1v) is 10.2. The lowest BCUT2D eigenvalue weighted by Crippen LogP contribution is -2.29. The lowest BCUT2D eigenvalue weighted by Gasteiger charge is -1.99. The molecule has 4 rings (SSSR count). The maximum atomic E-state index is 8.71. The van der Waals surface area contributed by atoms with Crippen LogP contribution >= 0.6 is 22.9 Å². The van der Waals surface area contributed by atoms with E-state index in [0.29, 0.717) is 18.6 Å². The molecule has 0 aliphatic rings. The molecule has 8 heteroatoms. The Hall–Kier alpha value is -2.26. The van der Waals surface area contributed by atoms with Crippen molar-refractivity contribution in [1.82, 2.24) is 4.98 Å². The molecular weight excluding hydrogens is 405 g/mol. The summed E-state index contributed by atoms with van der Waals surface area (Å²) in [5.74, 6) is 0. The molecule has 0 saturated carbocycles. The van der Waals surface area contributed by atoms with E-state index in [1.807, 2.05) is 30.3 Å². The minimum atomic E-state index is -1.39. The number of hydrogen-bond donors (Lipinski definition) is 4. The fraction of sp³-hybridized carbons (Fsp3) is 0.0952. The molecule has 0 aliphatic heterocycles. The Balaban J connectivity index is 0.000000188. The molecule has 29 heavy (non-hydrogen) atoms. The summed E-state index contributed by atoms with van der Waals surface area (Å²) < 4.78 is 1.15. The molecule has 0 unspecified atom stereocenters. The minimum absolute atomic E-state index is 0.474. The van der Waals surface area contributed by atoms with E-state index in [4.69, 9.17) is 33.1 Å². The highest BCUT2D eigenvalue weighted by Gasteiger charge is 2.09. The van der Waals surface area contributed by atoms with Crippen molar-refractivity contribution in [3.05, 3.63) is 82.9 Å². The lowest BCUT2D eigenvalue weighted by molar-refractivity contribution is 0.426. The summed E-state index contributed by atoms with van der Waals surface area (Å²) in [5.41, 5.74) is 15.6. The third kappa shape index (κ3) is 5.64. The van der Waals surface area contributed by atoms with E-state index < -0.39 is 7.12 Å². The summed E-state index contributed by atoms with van der Waals surface area (Å²) in [4.78, 5) is 4.60. The van der Waals surface area contributed by atoms with Gasteiger partial charge in [0.25, 0.3) is 0 Å². The number of halogens is 1. The van der Waals surface area contributed by atoms with Gasteiger partial charge < -0.3 is 21.5 Å². The maximum absolute atomic E-state index is 8.71. The molecule has 0 saturated heterocycles. The van der Waals surface area contributed by atoms with Gasteiger partial charge in [-0.15, -0.1) is 11.3 Å². The third-order valence-electron chi connectivity index (χ3n) is 4.30. The van der Waals surface area contributed by atoms with E-state index >= 15 is 0 Å². The first-order valence-electron chi connectivity index (χ1n) is 9.00. The van der Waals surface area contributed by atoms with Crippen LogP contribution in [-0.4, -0.2) is 22.2 Å². The summed E-state index contributed by atoms with van der Waals surface area (Å²) in [7, 11) is -1.39. The summed E-state index contributed by atoms with van der Waals surface area (Å²) in [6.07, 6.45) is 0. The molecule has 1 heterocycles. The SMILES string of the molecule is NCc1ccc(-c2nc3cc(Cl)ccc3s2)cc1.NCc1ccc(B(O)O)cc1. The molecular formula is C21H21BClN3O2S. The molecule has 1 aromatic heterocycles. The van der Waals surface area contributed by atoms with Gasteiger partial charge in [0.1, 0.15) is 5.01 Å². The molecule has 0 fully saturated rings. The highest BCUT2D eigenvalue weighted by molar-refractivity contribution is 7.21. The standard InChI is InChI=1S/C14H11ClN2S.C7H10BNO2/c15-11-5-6-13-12(7-11)17-14(18-13)10-3-1-9(8-16)2-4-10;9-5-6-1-3-7(4-2-6)8(10)11/h1-7H,8,16H2;1-4,10-11H,5,9H2. The second-order valence-corrected chi connectivity index (χ2v) is 7.82. The zero-order valence-corrected chi connectivity index (χ0v) is 17.2. The van der Waals surface area contributed by atoms with Crippen LogP contribution in [0.15, 0.2) is 66.7 Å². The van der Waals surface area contributed by atoms with Crippen molar-refractivity contribution in [2.45, 2.75) is 13.1 Å². The Morgan fingerprint density at radius 2 is 1.45 bits per heavy atom. The average Bonchev–Trinajstić information content (AvgIpc) is 3.17. The minimum Gasteiger partial charge on any atom is -0.423 e. The van der Waals surface area contributed by atoms with Gasteiger partial charge in [0.15, 0.2) is 0 Å². The highest BCUT2D eigenvalue weighted by atomic mass is 35.5. The second kappa shape index (κ2) is 9.98. The highest BCUT2D eigenvalue weighted by Crippen LogP contribution is 2.31. The molecule has 0 spiro atoms. The number of hydrogen-bond acceptors (Lipinski definition) is 6. The molecule has 0 amide bonds. The zero-order valence-electron chi connectivity index (χ0n) is 15.6. The molecule has 5 nitrogen and oxygen atoms in total.